The number of thiophene rings is 1. The summed E-state index contributed by atoms with van der Waals surface area (Å²) in [6, 6.07) is 3.33. The molecular formula is C11H8ClN3O4S. The van der Waals surface area contributed by atoms with Crippen molar-refractivity contribution < 1.29 is 14.8 Å². The second kappa shape index (κ2) is 5.85. The Labute approximate surface area is 122 Å². The van der Waals surface area contributed by atoms with Gasteiger partial charge in [0.15, 0.2) is 6.04 Å². The predicted molar refractivity (Wildman–Crippen MR) is 74.2 cm³/mol. The molecular weight excluding hydrogens is 306 g/mol. The van der Waals surface area contributed by atoms with Gasteiger partial charge in [-0.1, -0.05) is 17.7 Å². The third kappa shape index (κ3) is 3.03. The van der Waals surface area contributed by atoms with Gasteiger partial charge in [-0.2, -0.15) is 0 Å². The van der Waals surface area contributed by atoms with Gasteiger partial charge in [0, 0.05) is 17.1 Å². The summed E-state index contributed by atoms with van der Waals surface area (Å²) in [5.41, 5.74) is -0.375. The number of halogens is 1. The van der Waals surface area contributed by atoms with Crippen LogP contribution in [0.3, 0.4) is 0 Å². The lowest BCUT2D eigenvalue weighted by Crippen LogP contribution is -2.20. The van der Waals surface area contributed by atoms with E-state index in [0.717, 1.165) is 6.07 Å². The van der Waals surface area contributed by atoms with Crippen LogP contribution in [0.5, 0.6) is 0 Å². The summed E-state index contributed by atoms with van der Waals surface area (Å²) >= 11 is 6.88. The molecule has 0 saturated heterocycles. The third-order valence-corrected chi connectivity index (χ3v) is 3.53. The lowest BCUT2D eigenvalue weighted by atomic mass is 10.2. The fraction of sp³-hybridized carbons (Fsp3) is 0.0909. The van der Waals surface area contributed by atoms with Crippen molar-refractivity contribution in [3.8, 4) is 0 Å². The maximum absolute atomic E-state index is 11.3. The summed E-state index contributed by atoms with van der Waals surface area (Å²) in [4.78, 5) is 25.8. The maximum Gasteiger partial charge on any atom is 0.331 e. The molecule has 0 spiro atoms. The molecule has 7 nitrogen and oxygen atoms in total. The molecule has 0 radical (unpaired) electrons. The molecule has 0 saturated carbocycles. The normalized spacial score (nSPS) is 11.8. The molecule has 2 heterocycles. The third-order valence-electron chi connectivity index (χ3n) is 2.39. The molecule has 1 unspecified atom stereocenters. The van der Waals surface area contributed by atoms with Crippen LogP contribution in [0.15, 0.2) is 29.8 Å². The van der Waals surface area contributed by atoms with Crippen LogP contribution in [0.2, 0.25) is 5.02 Å². The van der Waals surface area contributed by atoms with Crippen LogP contribution in [0.1, 0.15) is 10.9 Å². The lowest BCUT2D eigenvalue weighted by molar-refractivity contribution is -0.384. The molecule has 0 aliphatic rings. The average molecular weight is 314 g/mol. The molecule has 104 valence electrons. The Balaban J connectivity index is 2.37. The molecule has 20 heavy (non-hydrogen) atoms. The number of carbonyl (C=O) groups is 1. The summed E-state index contributed by atoms with van der Waals surface area (Å²) in [5.74, 6) is -1.29. The fourth-order valence-corrected chi connectivity index (χ4v) is 2.45. The SMILES string of the molecule is O=C(O)C(Nc1ncc(Cl)cc1[N+](=O)[O-])c1cccs1. The molecule has 2 N–H and O–H groups in total. The monoisotopic (exact) mass is 313 g/mol. The molecule has 0 aromatic carbocycles. The molecule has 0 aliphatic heterocycles. The number of anilines is 1. The second-order valence-electron chi connectivity index (χ2n) is 3.71. The summed E-state index contributed by atoms with van der Waals surface area (Å²) in [7, 11) is 0. The van der Waals surface area contributed by atoms with Crippen molar-refractivity contribution in [2.24, 2.45) is 0 Å². The van der Waals surface area contributed by atoms with E-state index in [1.54, 1.807) is 17.5 Å². The van der Waals surface area contributed by atoms with Crippen LogP contribution in [0.4, 0.5) is 11.5 Å². The Hall–Kier alpha value is -2.19. The Morgan fingerprint density at radius 1 is 1.60 bits per heavy atom. The highest BCUT2D eigenvalue weighted by Gasteiger charge is 2.25. The largest absolute Gasteiger partial charge is 0.479 e. The number of rotatable bonds is 5. The number of carboxylic acids is 1. The quantitative estimate of drug-likeness (QED) is 0.649. The van der Waals surface area contributed by atoms with Crippen molar-refractivity contribution >= 4 is 40.4 Å². The molecule has 2 aromatic rings. The van der Waals surface area contributed by atoms with Crippen LogP contribution < -0.4 is 5.32 Å². The highest BCUT2D eigenvalue weighted by atomic mass is 35.5. The zero-order valence-electron chi connectivity index (χ0n) is 9.82. The highest BCUT2D eigenvalue weighted by molar-refractivity contribution is 7.10. The molecule has 2 aromatic heterocycles. The van der Waals surface area contributed by atoms with E-state index in [9.17, 15) is 20.0 Å². The number of carboxylic acid groups (broad SMARTS) is 1. The summed E-state index contributed by atoms with van der Waals surface area (Å²) < 4.78 is 0. The Morgan fingerprint density at radius 3 is 2.90 bits per heavy atom. The van der Waals surface area contributed by atoms with Crippen molar-refractivity contribution in [1.82, 2.24) is 4.98 Å². The first kappa shape index (κ1) is 14.2. The van der Waals surface area contributed by atoms with E-state index in [1.807, 2.05) is 0 Å². The maximum atomic E-state index is 11.3. The number of aliphatic carboxylic acids is 1. The lowest BCUT2D eigenvalue weighted by Gasteiger charge is -2.13. The summed E-state index contributed by atoms with van der Waals surface area (Å²) in [5, 5.41) is 24.5. The van der Waals surface area contributed by atoms with E-state index < -0.39 is 16.9 Å². The van der Waals surface area contributed by atoms with Gasteiger partial charge in [-0.15, -0.1) is 11.3 Å². The van der Waals surface area contributed by atoms with Gasteiger partial charge >= 0.3 is 11.7 Å². The van der Waals surface area contributed by atoms with Gasteiger partial charge in [0.25, 0.3) is 0 Å². The van der Waals surface area contributed by atoms with Crippen LogP contribution in [0, 0.1) is 10.1 Å². The van der Waals surface area contributed by atoms with E-state index in [-0.39, 0.29) is 16.5 Å². The number of hydrogen-bond acceptors (Lipinski definition) is 6. The Bertz CT molecular complexity index is 647. The van der Waals surface area contributed by atoms with Gasteiger partial charge in [-0.25, -0.2) is 9.78 Å². The first-order chi connectivity index (χ1) is 9.49. The van der Waals surface area contributed by atoms with Gasteiger partial charge < -0.3 is 10.4 Å². The van der Waals surface area contributed by atoms with Crippen LogP contribution in [0.25, 0.3) is 0 Å². The van der Waals surface area contributed by atoms with Crippen LogP contribution in [-0.4, -0.2) is 21.0 Å². The number of nitrogens with one attached hydrogen (secondary N) is 1. The van der Waals surface area contributed by atoms with Crippen molar-refractivity contribution in [2.75, 3.05) is 5.32 Å². The van der Waals surface area contributed by atoms with Crippen molar-refractivity contribution in [2.45, 2.75) is 6.04 Å². The molecule has 0 aliphatic carbocycles. The standard InChI is InChI=1S/C11H8ClN3O4S/c12-6-4-7(15(18)19)10(13-5-6)14-9(11(16)17)8-2-1-3-20-8/h1-5,9H,(H,13,14)(H,16,17). The number of aromatic nitrogens is 1. The van der Waals surface area contributed by atoms with Gasteiger partial charge in [-0.3, -0.25) is 10.1 Å². The van der Waals surface area contributed by atoms with Crippen molar-refractivity contribution in [3.63, 3.8) is 0 Å². The highest BCUT2D eigenvalue weighted by Crippen LogP contribution is 2.30. The number of nitrogens with zero attached hydrogens (tertiary/aromatic N) is 2. The van der Waals surface area contributed by atoms with Crippen LogP contribution in [-0.2, 0) is 4.79 Å². The number of nitro groups is 1. The van der Waals surface area contributed by atoms with E-state index in [2.05, 4.69) is 10.3 Å². The van der Waals surface area contributed by atoms with E-state index in [0.29, 0.717) is 4.88 Å². The summed E-state index contributed by atoms with van der Waals surface area (Å²) in [6.45, 7) is 0. The zero-order valence-corrected chi connectivity index (χ0v) is 11.4. The van der Waals surface area contributed by atoms with Gasteiger partial charge in [-0.05, 0) is 11.4 Å². The van der Waals surface area contributed by atoms with Gasteiger partial charge in [0.05, 0.1) is 9.95 Å². The van der Waals surface area contributed by atoms with E-state index >= 15 is 0 Å². The molecule has 0 fully saturated rings. The smallest absolute Gasteiger partial charge is 0.331 e. The molecule has 0 amide bonds. The molecule has 9 heteroatoms. The minimum absolute atomic E-state index is 0.102. The Kier molecular flexibility index (Phi) is 4.16. The summed E-state index contributed by atoms with van der Waals surface area (Å²) in [6.07, 6.45) is 1.21. The first-order valence-electron chi connectivity index (χ1n) is 5.31. The number of pyridine rings is 1. The van der Waals surface area contributed by atoms with E-state index in [4.69, 9.17) is 11.6 Å². The van der Waals surface area contributed by atoms with E-state index in [1.165, 1.54) is 17.5 Å². The molecule has 0 bridgehead atoms. The average Bonchev–Trinajstić information content (AvgIpc) is 2.90. The predicted octanol–water partition coefficient (Wildman–Crippen LogP) is 2.94. The minimum atomic E-state index is -1.15. The topological polar surface area (TPSA) is 105 Å². The van der Waals surface area contributed by atoms with Crippen LogP contribution >= 0.6 is 22.9 Å². The second-order valence-corrected chi connectivity index (χ2v) is 5.13. The number of hydrogen-bond donors (Lipinski definition) is 2. The zero-order chi connectivity index (χ0) is 14.7. The minimum Gasteiger partial charge on any atom is -0.479 e. The van der Waals surface area contributed by atoms with Gasteiger partial charge in [0.2, 0.25) is 5.82 Å². The Morgan fingerprint density at radius 2 is 2.35 bits per heavy atom. The van der Waals surface area contributed by atoms with Crippen molar-refractivity contribution in [3.05, 3.63) is 49.8 Å². The van der Waals surface area contributed by atoms with Gasteiger partial charge in [0.1, 0.15) is 0 Å². The molecule has 1 atom stereocenters. The van der Waals surface area contributed by atoms with Crippen molar-refractivity contribution in [1.29, 1.82) is 0 Å². The first-order valence-corrected chi connectivity index (χ1v) is 6.57. The fourth-order valence-electron chi connectivity index (χ4n) is 1.53. The molecule has 2 rings (SSSR count).